The average molecular weight is 337 g/mol. The van der Waals surface area contributed by atoms with Crippen molar-refractivity contribution in [2.45, 2.75) is 45.8 Å². The van der Waals surface area contributed by atoms with Crippen molar-refractivity contribution in [3.05, 3.63) is 71.8 Å². The van der Waals surface area contributed by atoms with E-state index in [0.717, 1.165) is 0 Å². The zero-order valence-electron chi connectivity index (χ0n) is 15.5. The molecular formula is C22H27NO2. The molecule has 0 amide bonds. The van der Waals surface area contributed by atoms with Crippen molar-refractivity contribution < 1.29 is 9.53 Å². The normalized spacial score (nSPS) is 23.8. The Morgan fingerprint density at radius 1 is 1.04 bits per heavy atom. The first-order chi connectivity index (χ1) is 11.9. The van der Waals surface area contributed by atoms with Crippen molar-refractivity contribution >= 4 is 5.97 Å². The van der Waals surface area contributed by atoms with Gasteiger partial charge >= 0.3 is 5.97 Å². The van der Waals surface area contributed by atoms with E-state index in [2.05, 4.69) is 62.1 Å². The first kappa shape index (κ1) is 17.7. The molecule has 0 saturated carbocycles. The molecule has 3 heteroatoms. The van der Waals surface area contributed by atoms with Gasteiger partial charge in [-0.15, -0.1) is 0 Å². The van der Waals surface area contributed by atoms with E-state index in [-0.39, 0.29) is 29.5 Å². The summed E-state index contributed by atoms with van der Waals surface area (Å²) in [6.45, 7) is 8.96. The Bertz CT molecular complexity index is 706. The summed E-state index contributed by atoms with van der Waals surface area (Å²) in [5.74, 6) is -0.124. The number of carbonyl (C=O) groups is 1. The fourth-order valence-corrected chi connectivity index (χ4v) is 3.81. The summed E-state index contributed by atoms with van der Waals surface area (Å²) >= 11 is 0. The lowest BCUT2D eigenvalue weighted by Gasteiger charge is -2.33. The summed E-state index contributed by atoms with van der Waals surface area (Å²) in [4.78, 5) is 14.9. The summed E-state index contributed by atoms with van der Waals surface area (Å²) in [7, 11) is 0. The van der Waals surface area contributed by atoms with E-state index in [0.29, 0.717) is 6.61 Å². The van der Waals surface area contributed by atoms with Gasteiger partial charge in [-0.2, -0.15) is 0 Å². The Hall–Kier alpha value is -2.13. The van der Waals surface area contributed by atoms with E-state index < -0.39 is 0 Å². The number of ether oxygens (including phenoxy) is 1. The molecule has 1 heterocycles. The molecule has 1 saturated heterocycles. The smallest absolute Gasteiger partial charge is 0.325 e. The van der Waals surface area contributed by atoms with Crippen molar-refractivity contribution in [1.29, 1.82) is 0 Å². The van der Waals surface area contributed by atoms with E-state index in [4.69, 9.17) is 4.74 Å². The third kappa shape index (κ3) is 3.62. The summed E-state index contributed by atoms with van der Waals surface area (Å²) in [6, 6.07) is 20.7. The second-order valence-electron chi connectivity index (χ2n) is 7.68. The highest BCUT2D eigenvalue weighted by molar-refractivity contribution is 5.81. The summed E-state index contributed by atoms with van der Waals surface area (Å²) in [6.07, 6.45) is 0. The number of hydrogen-bond acceptors (Lipinski definition) is 3. The standard InChI is InChI=1S/C22H27NO2/c1-5-25-21(24)19-18(16-12-8-6-9-13-16)23(19)20(22(2,3)4)17-14-10-7-11-15-17/h6-15,18-20H,5H2,1-4H3/t18-,19-,20+,23?/m1/s1. The molecule has 4 atom stereocenters. The van der Waals surface area contributed by atoms with Crippen LogP contribution in [0, 0.1) is 5.41 Å². The van der Waals surface area contributed by atoms with Gasteiger partial charge in [-0.05, 0) is 23.5 Å². The van der Waals surface area contributed by atoms with Crippen molar-refractivity contribution in [3.8, 4) is 0 Å². The Labute approximate surface area is 150 Å². The molecule has 1 aliphatic heterocycles. The summed E-state index contributed by atoms with van der Waals surface area (Å²) in [5.41, 5.74) is 2.41. The molecule has 3 nitrogen and oxygen atoms in total. The molecule has 0 radical (unpaired) electrons. The van der Waals surface area contributed by atoms with Gasteiger partial charge in [-0.3, -0.25) is 9.69 Å². The lowest BCUT2D eigenvalue weighted by molar-refractivity contribution is -0.143. The maximum Gasteiger partial charge on any atom is 0.325 e. The van der Waals surface area contributed by atoms with Crippen molar-refractivity contribution in [3.63, 3.8) is 0 Å². The minimum absolute atomic E-state index is 0.00434. The fraction of sp³-hybridized carbons (Fsp3) is 0.409. The van der Waals surface area contributed by atoms with Crippen molar-refractivity contribution in [2.75, 3.05) is 6.61 Å². The van der Waals surface area contributed by atoms with Crippen LogP contribution in [0.4, 0.5) is 0 Å². The molecule has 3 rings (SSSR count). The third-order valence-electron chi connectivity index (χ3n) is 4.75. The van der Waals surface area contributed by atoms with Gasteiger partial charge in [-0.25, -0.2) is 0 Å². The Kier molecular flexibility index (Phi) is 4.96. The van der Waals surface area contributed by atoms with Gasteiger partial charge in [-0.1, -0.05) is 81.4 Å². The van der Waals surface area contributed by atoms with E-state index in [9.17, 15) is 4.79 Å². The molecular weight excluding hydrogens is 310 g/mol. The highest BCUT2D eigenvalue weighted by atomic mass is 16.5. The topological polar surface area (TPSA) is 29.3 Å². The van der Waals surface area contributed by atoms with Gasteiger partial charge in [0.25, 0.3) is 0 Å². The van der Waals surface area contributed by atoms with Crippen LogP contribution in [0.25, 0.3) is 0 Å². The summed E-state index contributed by atoms with van der Waals surface area (Å²) < 4.78 is 5.37. The minimum atomic E-state index is -0.216. The monoisotopic (exact) mass is 337 g/mol. The lowest BCUT2D eigenvalue weighted by Crippen LogP contribution is -2.29. The van der Waals surface area contributed by atoms with Gasteiger partial charge in [0.05, 0.1) is 12.6 Å². The fourth-order valence-electron chi connectivity index (χ4n) is 3.81. The van der Waals surface area contributed by atoms with Gasteiger partial charge in [0.2, 0.25) is 0 Å². The molecule has 0 spiro atoms. The number of rotatable bonds is 5. The summed E-state index contributed by atoms with van der Waals surface area (Å²) in [5, 5.41) is 0. The van der Waals surface area contributed by atoms with Gasteiger partial charge in [0.15, 0.2) is 0 Å². The van der Waals surface area contributed by atoms with Crippen LogP contribution in [0.2, 0.25) is 0 Å². The van der Waals surface area contributed by atoms with Crippen LogP contribution in [-0.2, 0) is 9.53 Å². The molecule has 1 aliphatic rings. The van der Waals surface area contributed by atoms with Gasteiger partial charge in [0.1, 0.15) is 6.04 Å². The van der Waals surface area contributed by atoms with Crippen LogP contribution in [0.1, 0.15) is 50.9 Å². The lowest BCUT2D eigenvalue weighted by atomic mass is 9.82. The second kappa shape index (κ2) is 7.01. The predicted octanol–water partition coefficient (Wildman–Crippen LogP) is 4.76. The van der Waals surface area contributed by atoms with E-state index in [1.807, 2.05) is 31.2 Å². The first-order valence-electron chi connectivity index (χ1n) is 8.99. The predicted molar refractivity (Wildman–Crippen MR) is 100 cm³/mol. The van der Waals surface area contributed by atoms with Crippen LogP contribution >= 0.6 is 0 Å². The zero-order chi connectivity index (χ0) is 18.0. The number of benzene rings is 2. The number of nitrogens with zero attached hydrogens (tertiary/aromatic N) is 1. The van der Waals surface area contributed by atoms with Crippen LogP contribution in [0.3, 0.4) is 0 Å². The average Bonchev–Trinajstić information content (AvgIpc) is 3.30. The second-order valence-corrected chi connectivity index (χ2v) is 7.68. The molecule has 0 aliphatic carbocycles. The van der Waals surface area contributed by atoms with Gasteiger partial charge < -0.3 is 4.74 Å². The van der Waals surface area contributed by atoms with Crippen LogP contribution in [-0.4, -0.2) is 23.5 Å². The molecule has 0 bridgehead atoms. The zero-order valence-corrected chi connectivity index (χ0v) is 15.5. The molecule has 1 fully saturated rings. The maximum absolute atomic E-state index is 12.6. The Morgan fingerprint density at radius 2 is 1.60 bits per heavy atom. The SMILES string of the molecule is CCOC(=O)[C@H]1[C@@H](c2ccccc2)N1[C@@H](c1ccccc1)C(C)(C)C. The Balaban J connectivity index is 1.99. The maximum atomic E-state index is 12.6. The van der Waals surface area contributed by atoms with Crippen molar-refractivity contribution in [1.82, 2.24) is 4.90 Å². The third-order valence-corrected chi connectivity index (χ3v) is 4.75. The quantitative estimate of drug-likeness (QED) is 0.582. The number of esters is 1. The minimum Gasteiger partial charge on any atom is -0.465 e. The number of hydrogen-bond donors (Lipinski definition) is 0. The van der Waals surface area contributed by atoms with E-state index >= 15 is 0 Å². The van der Waals surface area contributed by atoms with Crippen molar-refractivity contribution in [2.24, 2.45) is 5.41 Å². The molecule has 25 heavy (non-hydrogen) atoms. The molecule has 0 N–H and O–H groups in total. The molecule has 2 aromatic carbocycles. The van der Waals surface area contributed by atoms with E-state index in [1.165, 1.54) is 11.1 Å². The Morgan fingerprint density at radius 3 is 2.12 bits per heavy atom. The number of carbonyl (C=O) groups excluding carboxylic acids is 1. The van der Waals surface area contributed by atoms with Gasteiger partial charge in [0, 0.05) is 6.04 Å². The highest BCUT2D eigenvalue weighted by Gasteiger charge is 2.59. The molecule has 0 aromatic heterocycles. The van der Waals surface area contributed by atoms with Crippen LogP contribution in [0.15, 0.2) is 60.7 Å². The largest absolute Gasteiger partial charge is 0.465 e. The van der Waals surface area contributed by atoms with Crippen LogP contribution < -0.4 is 0 Å². The highest BCUT2D eigenvalue weighted by Crippen LogP contribution is 2.55. The molecule has 132 valence electrons. The molecule has 2 aromatic rings. The first-order valence-corrected chi connectivity index (χ1v) is 8.99. The molecule has 1 unspecified atom stereocenters. The van der Waals surface area contributed by atoms with E-state index in [1.54, 1.807) is 0 Å². The van der Waals surface area contributed by atoms with Crippen LogP contribution in [0.5, 0.6) is 0 Å².